The van der Waals surface area contributed by atoms with E-state index < -0.39 is 22.7 Å². The van der Waals surface area contributed by atoms with Crippen molar-refractivity contribution >= 4 is 16.6 Å². The van der Waals surface area contributed by atoms with Crippen LogP contribution in [0.3, 0.4) is 0 Å². The minimum absolute atomic E-state index is 0.00806. The van der Waals surface area contributed by atoms with Gasteiger partial charge in [-0.05, 0) is 139 Å². The van der Waals surface area contributed by atoms with E-state index in [2.05, 4.69) is 144 Å². The normalized spacial score (nSPS) is 31.1. The smallest absolute Gasteiger partial charge is 0.192 e. The van der Waals surface area contributed by atoms with Gasteiger partial charge in [0.05, 0.1) is 18.3 Å². The number of aliphatic hydroxyl groups is 1. The summed E-state index contributed by atoms with van der Waals surface area (Å²) < 4.78 is 14.2. The lowest BCUT2D eigenvalue weighted by molar-refractivity contribution is 0.0969. The fourth-order valence-corrected chi connectivity index (χ4v) is 12.3. The van der Waals surface area contributed by atoms with Gasteiger partial charge in [-0.25, -0.2) is 0 Å². The van der Waals surface area contributed by atoms with Gasteiger partial charge < -0.3 is 14.0 Å². The van der Waals surface area contributed by atoms with Crippen LogP contribution in [0.1, 0.15) is 144 Å². The lowest BCUT2D eigenvalue weighted by Gasteiger charge is -2.45. The fraction of sp³-hybridized carbons (Fsp3) is 0.708. The Morgan fingerprint density at radius 2 is 1.45 bits per heavy atom. The third-order valence-electron chi connectivity index (χ3n) is 15.5. The summed E-state index contributed by atoms with van der Waals surface area (Å²) in [6.45, 7) is 37.7. The van der Waals surface area contributed by atoms with Crippen LogP contribution < -0.4 is 0 Å². The van der Waals surface area contributed by atoms with Crippen LogP contribution in [0.25, 0.3) is 0 Å². The lowest BCUT2D eigenvalue weighted by Crippen LogP contribution is -2.49. The maximum absolute atomic E-state index is 11.5. The first-order valence-electron chi connectivity index (χ1n) is 21.3. The molecule has 1 aromatic rings. The molecule has 1 N–H and O–H groups in total. The molecule has 3 nitrogen and oxygen atoms in total. The third-order valence-corrected chi connectivity index (χ3v) is 24.5. The lowest BCUT2D eigenvalue weighted by atomic mass is 9.61. The molecule has 4 fully saturated rings. The summed E-state index contributed by atoms with van der Waals surface area (Å²) in [5.74, 6) is 2.21. The predicted octanol–water partition coefficient (Wildman–Crippen LogP) is 13.6. The Labute approximate surface area is 328 Å². The third kappa shape index (κ3) is 8.90. The summed E-state index contributed by atoms with van der Waals surface area (Å²) >= 11 is 0. The van der Waals surface area contributed by atoms with Crippen LogP contribution in [-0.2, 0) is 14.3 Å². The van der Waals surface area contributed by atoms with Crippen molar-refractivity contribution in [1.29, 1.82) is 0 Å². The molecule has 296 valence electrons. The molecule has 0 aromatic heterocycles. The van der Waals surface area contributed by atoms with Gasteiger partial charge in [0.2, 0.25) is 0 Å². The summed E-state index contributed by atoms with van der Waals surface area (Å²) in [5, 5.41) is 11.8. The van der Waals surface area contributed by atoms with Gasteiger partial charge in [-0.2, -0.15) is 0 Å². The van der Waals surface area contributed by atoms with Gasteiger partial charge in [-0.3, -0.25) is 0 Å². The van der Waals surface area contributed by atoms with Crippen molar-refractivity contribution in [2.24, 2.45) is 23.2 Å². The second kappa shape index (κ2) is 15.4. The number of hydrogen-bond donors (Lipinski definition) is 1. The fourth-order valence-electron chi connectivity index (χ4n) is 9.60. The maximum Gasteiger partial charge on any atom is 0.192 e. The summed E-state index contributed by atoms with van der Waals surface area (Å²) in [5.41, 5.74) is 6.98. The Bertz CT molecular complexity index is 1540. The van der Waals surface area contributed by atoms with Crippen molar-refractivity contribution < 1.29 is 14.0 Å². The first-order valence-corrected chi connectivity index (χ1v) is 27.1. The highest BCUT2D eigenvalue weighted by atomic mass is 28.4. The number of benzene rings is 1. The van der Waals surface area contributed by atoms with Gasteiger partial charge in [0, 0.05) is 11.8 Å². The Morgan fingerprint density at radius 3 is 2.02 bits per heavy atom. The van der Waals surface area contributed by atoms with Crippen LogP contribution in [-0.4, -0.2) is 40.1 Å². The average molecular weight is 759 g/mol. The van der Waals surface area contributed by atoms with Gasteiger partial charge in [0.15, 0.2) is 16.6 Å². The molecule has 0 radical (unpaired) electrons. The zero-order valence-corrected chi connectivity index (χ0v) is 38.5. The van der Waals surface area contributed by atoms with E-state index in [0.717, 1.165) is 25.7 Å². The summed E-state index contributed by atoms with van der Waals surface area (Å²) in [6.07, 6.45) is 19.4. The quantitative estimate of drug-likeness (QED) is 0.180. The Kier molecular flexibility index (Phi) is 12.4. The zero-order valence-electron chi connectivity index (χ0n) is 36.5. The molecule has 0 spiro atoms. The van der Waals surface area contributed by atoms with Crippen LogP contribution in [0.5, 0.6) is 0 Å². The molecule has 4 aliphatic rings. The predicted molar refractivity (Wildman–Crippen MR) is 233 cm³/mol. The summed E-state index contributed by atoms with van der Waals surface area (Å²) in [4.78, 5) is 0. The van der Waals surface area contributed by atoms with E-state index in [-0.39, 0.29) is 33.1 Å². The molecule has 0 aliphatic heterocycles. The SMILES string of the molecule is C=C1/C(=C\C=C2/CCC[C@]3(C)[C@@H]([C@H](C)/C=C/[C@H](O)C4(c5ccc(C(C)C)cc5)CC4)CC[C@@H]23)C[C@@H](O[Si](C)(C)C(C)(C)C)C[C@@H]1O[Si](C)(C)C(C)(C)C. The topological polar surface area (TPSA) is 38.7 Å². The molecule has 53 heavy (non-hydrogen) atoms. The minimum atomic E-state index is -2.00. The Morgan fingerprint density at radius 1 is 0.849 bits per heavy atom. The molecule has 5 heteroatoms. The first-order chi connectivity index (χ1) is 24.4. The van der Waals surface area contributed by atoms with Crippen LogP contribution in [0, 0.1) is 23.2 Å². The largest absolute Gasteiger partial charge is 0.413 e. The number of fused-ring (bicyclic) bond motifs is 1. The van der Waals surface area contributed by atoms with Gasteiger partial charge in [0.1, 0.15) is 0 Å². The highest BCUT2D eigenvalue weighted by Gasteiger charge is 2.52. The molecule has 0 saturated heterocycles. The van der Waals surface area contributed by atoms with Crippen LogP contribution in [0.15, 0.2) is 71.9 Å². The number of hydrogen-bond acceptors (Lipinski definition) is 3. The molecule has 1 aromatic carbocycles. The molecule has 4 saturated carbocycles. The minimum Gasteiger partial charge on any atom is -0.413 e. The Hall–Kier alpha value is -1.51. The highest BCUT2D eigenvalue weighted by molar-refractivity contribution is 6.74. The maximum atomic E-state index is 11.5. The molecule has 5 rings (SSSR count). The van der Waals surface area contributed by atoms with Gasteiger partial charge in [0.25, 0.3) is 0 Å². The molecule has 0 heterocycles. The second-order valence-electron chi connectivity index (χ2n) is 21.5. The molecular weight excluding hydrogens is 681 g/mol. The van der Waals surface area contributed by atoms with E-state index >= 15 is 0 Å². The molecule has 0 amide bonds. The van der Waals surface area contributed by atoms with Crippen molar-refractivity contribution in [3.05, 3.63) is 83.0 Å². The van der Waals surface area contributed by atoms with E-state index in [0.29, 0.717) is 23.7 Å². The first kappa shape index (κ1) is 42.6. The monoisotopic (exact) mass is 759 g/mol. The van der Waals surface area contributed by atoms with E-state index in [1.165, 1.54) is 54.4 Å². The summed E-state index contributed by atoms with van der Waals surface area (Å²) in [7, 11) is -3.96. The molecule has 7 atom stereocenters. The summed E-state index contributed by atoms with van der Waals surface area (Å²) in [6, 6.07) is 9.05. The van der Waals surface area contributed by atoms with Crippen LogP contribution in [0.4, 0.5) is 0 Å². The van der Waals surface area contributed by atoms with Crippen molar-refractivity contribution in [1.82, 2.24) is 0 Å². The Balaban J connectivity index is 1.33. The van der Waals surface area contributed by atoms with Crippen molar-refractivity contribution in [3.8, 4) is 0 Å². The highest BCUT2D eigenvalue weighted by Crippen LogP contribution is 2.60. The zero-order chi connectivity index (χ0) is 39.4. The number of rotatable bonds is 11. The molecular formula is C48H78O3Si2. The average Bonchev–Trinajstić information content (AvgIpc) is 3.78. The van der Waals surface area contributed by atoms with Crippen molar-refractivity contribution in [2.75, 3.05) is 0 Å². The van der Waals surface area contributed by atoms with Gasteiger partial charge >= 0.3 is 0 Å². The molecule has 0 unspecified atom stereocenters. The van der Waals surface area contributed by atoms with Crippen molar-refractivity contribution in [2.45, 2.75) is 193 Å². The number of aliphatic hydroxyl groups excluding tert-OH is 1. The van der Waals surface area contributed by atoms with E-state index in [9.17, 15) is 5.11 Å². The standard InChI is InChI=1S/C48H78O3Si2/c1-33(2)36-21-23-39(24-22-36)48(29-30-48)44(49)27-18-34(3)41-25-26-42-37(17-16-28-47(41,42)11)19-20-38-31-40(50-52(12,13)45(5,6)7)32-43(35(38)4)51-53(14,15)46(8,9)10/h18-24,27,33-34,40-44,49H,4,16-17,25-26,28-32H2,1-3,5-15H3/b27-18+,37-19+,38-20-/t34-,40-,41-,42+,43+,44+,47-/m1/s1. The van der Waals surface area contributed by atoms with E-state index in [1.54, 1.807) is 5.57 Å². The molecule has 4 aliphatic carbocycles. The van der Waals surface area contributed by atoms with Gasteiger partial charge in [-0.15, -0.1) is 0 Å². The van der Waals surface area contributed by atoms with Crippen LogP contribution in [0.2, 0.25) is 36.3 Å². The van der Waals surface area contributed by atoms with E-state index in [4.69, 9.17) is 15.4 Å². The van der Waals surface area contributed by atoms with Gasteiger partial charge in [-0.1, -0.05) is 130 Å². The van der Waals surface area contributed by atoms with Crippen molar-refractivity contribution in [3.63, 3.8) is 0 Å². The number of allylic oxidation sites excluding steroid dienone is 4. The van der Waals surface area contributed by atoms with E-state index in [1.807, 2.05) is 0 Å². The second-order valence-corrected chi connectivity index (χ2v) is 31.0. The van der Waals surface area contributed by atoms with Crippen LogP contribution >= 0.6 is 0 Å². The molecule has 0 bridgehead atoms.